The number of hydrogen-bond donors (Lipinski definition) is 2. The van der Waals surface area contributed by atoms with Crippen LogP contribution in [0.3, 0.4) is 0 Å². The maximum absolute atomic E-state index is 9.45. The van der Waals surface area contributed by atoms with E-state index >= 15 is 0 Å². The number of hydrogen-bond acceptors (Lipinski definition) is 4. The summed E-state index contributed by atoms with van der Waals surface area (Å²) >= 11 is 0. The van der Waals surface area contributed by atoms with Crippen molar-refractivity contribution in [2.24, 2.45) is 5.41 Å². The van der Waals surface area contributed by atoms with E-state index in [1.807, 2.05) is 12.1 Å². The molecule has 0 aliphatic heterocycles. The van der Waals surface area contributed by atoms with Crippen LogP contribution in [0, 0.1) is 16.7 Å². The highest BCUT2D eigenvalue weighted by molar-refractivity contribution is 5.40. The largest absolute Gasteiger partial charge is 0.396 e. The van der Waals surface area contributed by atoms with E-state index < -0.39 is 0 Å². The third-order valence-electron chi connectivity index (χ3n) is 3.66. The van der Waals surface area contributed by atoms with Crippen molar-refractivity contribution in [3.8, 4) is 6.07 Å². The number of anilines is 1. The van der Waals surface area contributed by atoms with Crippen molar-refractivity contribution in [1.29, 1.82) is 5.26 Å². The molecule has 17 heavy (non-hydrogen) atoms. The molecular formula is C13H17N3O. The van der Waals surface area contributed by atoms with Crippen LogP contribution in [-0.4, -0.2) is 22.7 Å². The Hall–Kier alpha value is -1.60. The van der Waals surface area contributed by atoms with Gasteiger partial charge < -0.3 is 10.4 Å². The number of pyridine rings is 1. The number of aliphatic hydroxyl groups is 1. The van der Waals surface area contributed by atoms with Gasteiger partial charge in [0.05, 0.1) is 12.2 Å². The Morgan fingerprint density at radius 3 is 3.06 bits per heavy atom. The zero-order chi connectivity index (χ0) is 12.3. The molecule has 2 atom stereocenters. The van der Waals surface area contributed by atoms with Gasteiger partial charge in [-0.2, -0.15) is 5.26 Å². The Morgan fingerprint density at radius 1 is 1.65 bits per heavy atom. The Morgan fingerprint density at radius 2 is 2.47 bits per heavy atom. The van der Waals surface area contributed by atoms with Gasteiger partial charge in [-0.3, -0.25) is 0 Å². The number of aliphatic hydroxyl groups excluding tert-OH is 1. The van der Waals surface area contributed by atoms with Crippen LogP contribution in [0.1, 0.15) is 31.7 Å². The van der Waals surface area contributed by atoms with Crippen LogP contribution in [0.4, 0.5) is 5.82 Å². The van der Waals surface area contributed by atoms with Gasteiger partial charge in [0.15, 0.2) is 0 Å². The van der Waals surface area contributed by atoms with Crippen molar-refractivity contribution in [2.75, 3.05) is 11.9 Å². The summed E-state index contributed by atoms with van der Waals surface area (Å²) in [6, 6.07) is 5.87. The van der Waals surface area contributed by atoms with Crippen LogP contribution in [0.2, 0.25) is 0 Å². The second kappa shape index (κ2) is 4.72. The summed E-state index contributed by atoms with van der Waals surface area (Å²) in [6.07, 6.45) is 4.79. The smallest absolute Gasteiger partial charge is 0.126 e. The number of nitrogens with one attached hydrogen (secondary N) is 1. The Kier molecular flexibility index (Phi) is 3.30. The molecule has 1 aliphatic carbocycles. The molecule has 1 aromatic rings. The highest BCUT2D eigenvalue weighted by atomic mass is 16.3. The van der Waals surface area contributed by atoms with Gasteiger partial charge in [-0.25, -0.2) is 4.98 Å². The highest BCUT2D eigenvalue weighted by Gasteiger charge is 2.38. The zero-order valence-corrected chi connectivity index (χ0v) is 9.98. The van der Waals surface area contributed by atoms with E-state index in [1.54, 1.807) is 12.3 Å². The van der Waals surface area contributed by atoms with Crippen LogP contribution in [0.25, 0.3) is 0 Å². The summed E-state index contributed by atoms with van der Waals surface area (Å²) in [5.74, 6) is 0.774. The Balaban J connectivity index is 2.08. The molecule has 1 fully saturated rings. The molecule has 0 radical (unpaired) electrons. The minimum atomic E-state index is -0.0599. The van der Waals surface area contributed by atoms with Gasteiger partial charge >= 0.3 is 0 Å². The van der Waals surface area contributed by atoms with Crippen molar-refractivity contribution in [3.63, 3.8) is 0 Å². The zero-order valence-electron chi connectivity index (χ0n) is 9.98. The van der Waals surface area contributed by atoms with Crippen LogP contribution >= 0.6 is 0 Å². The van der Waals surface area contributed by atoms with Gasteiger partial charge in [0.1, 0.15) is 11.9 Å². The van der Waals surface area contributed by atoms with Gasteiger partial charge in [0.2, 0.25) is 0 Å². The molecule has 1 heterocycles. The van der Waals surface area contributed by atoms with Gasteiger partial charge in [-0.1, -0.05) is 13.3 Å². The monoisotopic (exact) mass is 231 g/mol. The molecule has 0 spiro atoms. The third kappa shape index (κ3) is 2.40. The number of rotatable bonds is 3. The summed E-state index contributed by atoms with van der Waals surface area (Å²) in [4.78, 5) is 4.20. The van der Waals surface area contributed by atoms with Crippen LogP contribution in [0.15, 0.2) is 18.3 Å². The molecule has 1 aromatic heterocycles. The predicted molar refractivity (Wildman–Crippen MR) is 65.4 cm³/mol. The summed E-state index contributed by atoms with van der Waals surface area (Å²) in [5, 5.41) is 21.5. The molecule has 2 N–H and O–H groups in total. The van der Waals surface area contributed by atoms with E-state index in [9.17, 15) is 5.11 Å². The number of nitriles is 1. The molecule has 90 valence electrons. The quantitative estimate of drug-likeness (QED) is 0.833. The van der Waals surface area contributed by atoms with Crippen LogP contribution < -0.4 is 5.32 Å². The third-order valence-corrected chi connectivity index (χ3v) is 3.66. The topological polar surface area (TPSA) is 68.9 Å². The van der Waals surface area contributed by atoms with Gasteiger partial charge in [-0.15, -0.1) is 0 Å². The fraction of sp³-hybridized carbons (Fsp3) is 0.538. The molecular weight excluding hydrogens is 214 g/mol. The lowest BCUT2D eigenvalue weighted by molar-refractivity contribution is 0.139. The first-order chi connectivity index (χ1) is 8.18. The van der Waals surface area contributed by atoms with Gasteiger partial charge in [0, 0.05) is 17.7 Å². The lowest BCUT2D eigenvalue weighted by Gasteiger charge is -2.30. The molecule has 1 saturated carbocycles. The average molecular weight is 231 g/mol. The van der Waals surface area contributed by atoms with E-state index in [1.165, 1.54) is 0 Å². The minimum absolute atomic E-state index is 0.0599. The number of aromatic nitrogens is 1. The maximum Gasteiger partial charge on any atom is 0.126 e. The molecule has 2 rings (SSSR count). The summed E-state index contributed by atoms with van der Waals surface area (Å²) < 4.78 is 0. The fourth-order valence-corrected chi connectivity index (χ4v) is 2.39. The summed E-state index contributed by atoms with van der Waals surface area (Å²) in [5.41, 5.74) is 0.502. The molecule has 1 aliphatic rings. The average Bonchev–Trinajstić information content (AvgIpc) is 2.73. The van der Waals surface area contributed by atoms with Crippen molar-refractivity contribution < 1.29 is 5.11 Å². The van der Waals surface area contributed by atoms with Crippen molar-refractivity contribution >= 4 is 5.82 Å². The van der Waals surface area contributed by atoms with Crippen molar-refractivity contribution in [1.82, 2.24) is 4.98 Å². The fourth-order valence-electron chi connectivity index (χ4n) is 2.39. The molecule has 4 heteroatoms. The molecule has 0 amide bonds. The van der Waals surface area contributed by atoms with Crippen LogP contribution in [-0.2, 0) is 0 Å². The SMILES string of the molecule is C[C@@]1(CO)CCC[C@@H]1Nc1ccc(C#N)cn1. The molecule has 0 saturated heterocycles. The first-order valence-corrected chi connectivity index (χ1v) is 5.91. The van der Waals surface area contributed by atoms with E-state index in [0.717, 1.165) is 25.1 Å². The van der Waals surface area contributed by atoms with Crippen LogP contribution in [0.5, 0.6) is 0 Å². The highest BCUT2D eigenvalue weighted by Crippen LogP contribution is 2.38. The Bertz CT molecular complexity index is 423. The van der Waals surface area contributed by atoms with Gasteiger partial charge in [0.25, 0.3) is 0 Å². The molecule has 4 nitrogen and oxygen atoms in total. The number of nitrogens with zero attached hydrogens (tertiary/aromatic N) is 2. The second-order valence-corrected chi connectivity index (χ2v) is 4.95. The lowest BCUT2D eigenvalue weighted by Crippen LogP contribution is -2.36. The van der Waals surface area contributed by atoms with E-state index in [4.69, 9.17) is 5.26 Å². The molecule has 0 aromatic carbocycles. The normalized spacial score (nSPS) is 27.7. The first kappa shape index (κ1) is 11.9. The van der Waals surface area contributed by atoms with E-state index in [0.29, 0.717) is 5.56 Å². The van der Waals surface area contributed by atoms with Gasteiger partial charge in [-0.05, 0) is 25.0 Å². The van der Waals surface area contributed by atoms with Crippen molar-refractivity contribution in [3.05, 3.63) is 23.9 Å². The van der Waals surface area contributed by atoms with E-state index in [-0.39, 0.29) is 18.1 Å². The van der Waals surface area contributed by atoms with Crippen molar-refractivity contribution in [2.45, 2.75) is 32.2 Å². The maximum atomic E-state index is 9.45. The van der Waals surface area contributed by atoms with E-state index in [2.05, 4.69) is 17.2 Å². The molecule has 0 unspecified atom stereocenters. The lowest BCUT2D eigenvalue weighted by atomic mass is 9.86. The predicted octanol–water partition coefficient (Wildman–Crippen LogP) is 1.92. The first-order valence-electron chi connectivity index (χ1n) is 5.91. The Labute approximate surface area is 101 Å². The molecule has 0 bridgehead atoms. The second-order valence-electron chi connectivity index (χ2n) is 4.95. The summed E-state index contributed by atoms with van der Waals surface area (Å²) in [7, 11) is 0. The minimum Gasteiger partial charge on any atom is -0.396 e. The standard InChI is InChI=1S/C13H17N3O/c1-13(9-17)6-2-3-11(13)16-12-5-4-10(7-14)8-15-12/h4-5,8,11,17H,2-3,6,9H2,1H3,(H,15,16)/t11-,13-/m0/s1. The summed E-state index contributed by atoms with van der Waals surface area (Å²) in [6.45, 7) is 2.29.